The lowest BCUT2D eigenvalue weighted by molar-refractivity contribution is 0.370. The fourth-order valence-corrected chi connectivity index (χ4v) is 4.65. The molecule has 1 aliphatic heterocycles. The molecule has 0 unspecified atom stereocenters. The first kappa shape index (κ1) is 15.2. The van der Waals surface area contributed by atoms with Crippen molar-refractivity contribution in [2.24, 2.45) is 0 Å². The maximum absolute atomic E-state index is 12.6. The van der Waals surface area contributed by atoms with E-state index in [-0.39, 0.29) is 10.9 Å². The minimum atomic E-state index is -3.43. The molecule has 22 heavy (non-hydrogen) atoms. The maximum atomic E-state index is 12.6. The van der Waals surface area contributed by atoms with Crippen molar-refractivity contribution in [3.05, 3.63) is 42.0 Å². The van der Waals surface area contributed by atoms with E-state index in [0.29, 0.717) is 6.54 Å². The molecule has 0 aromatic carbocycles. The zero-order chi connectivity index (χ0) is 15.6. The van der Waals surface area contributed by atoms with Crippen LogP contribution < -0.4 is 0 Å². The predicted molar refractivity (Wildman–Crippen MR) is 82.8 cm³/mol. The minimum Gasteiger partial charge on any atom is -0.284 e. The zero-order valence-corrected chi connectivity index (χ0v) is 13.4. The summed E-state index contributed by atoms with van der Waals surface area (Å²) in [7, 11) is -3.43. The lowest BCUT2D eigenvalue weighted by Gasteiger charge is -2.23. The number of nitrogens with zero attached hydrogens (tertiary/aromatic N) is 3. The number of H-pyrrole nitrogens is 1. The topological polar surface area (TPSA) is 79.0 Å². The Morgan fingerprint density at radius 2 is 2.32 bits per heavy atom. The van der Waals surface area contributed by atoms with E-state index >= 15 is 0 Å². The normalized spacial score (nSPS) is 19.6. The first-order chi connectivity index (χ1) is 10.6. The van der Waals surface area contributed by atoms with E-state index in [9.17, 15) is 8.42 Å². The van der Waals surface area contributed by atoms with Gasteiger partial charge in [-0.2, -0.15) is 9.40 Å². The van der Waals surface area contributed by atoms with Crippen molar-refractivity contribution in [1.29, 1.82) is 0 Å². The number of hydrogen-bond donors (Lipinski definition) is 1. The summed E-state index contributed by atoms with van der Waals surface area (Å²) in [4.78, 5) is 4.44. The fourth-order valence-electron chi connectivity index (χ4n) is 3.02. The van der Waals surface area contributed by atoms with Crippen LogP contribution in [-0.4, -0.2) is 40.5 Å². The number of nitrogens with one attached hydrogen (secondary N) is 1. The van der Waals surface area contributed by atoms with Crippen molar-refractivity contribution >= 4 is 10.0 Å². The molecule has 0 spiro atoms. The van der Waals surface area contributed by atoms with E-state index in [1.54, 1.807) is 10.5 Å². The van der Waals surface area contributed by atoms with Crippen molar-refractivity contribution in [3.63, 3.8) is 0 Å². The molecule has 118 valence electrons. The van der Waals surface area contributed by atoms with Crippen molar-refractivity contribution in [3.8, 4) is 0 Å². The SMILES string of the molecule is Cc1cc(CC[C@@H]2CCCN2S(=O)(=O)c2cn[nH]c2)ccn1. The van der Waals surface area contributed by atoms with E-state index in [1.807, 2.05) is 13.0 Å². The monoisotopic (exact) mass is 320 g/mol. The van der Waals surface area contributed by atoms with Gasteiger partial charge in [0.15, 0.2) is 0 Å². The first-order valence-electron chi connectivity index (χ1n) is 7.49. The molecule has 3 rings (SSSR count). The molecule has 0 bridgehead atoms. The van der Waals surface area contributed by atoms with Gasteiger partial charge in [-0.1, -0.05) is 0 Å². The highest BCUT2D eigenvalue weighted by Gasteiger charge is 2.35. The molecule has 1 atom stereocenters. The Hall–Kier alpha value is -1.73. The molecule has 2 aromatic rings. The Bertz CT molecular complexity index is 728. The van der Waals surface area contributed by atoms with Crippen LogP contribution in [-0.2, 0) is 16.4 Å². The summed E-state index contributed by atoms with van der Waals surface area (Å²) < 4.78 is 26.9. The van der Waals surface area contributed by atoms with Gasteiger partial charge in [0.1, 0.15) is 4.90 Å². The molecule has 1 aliphatic rings. The summed E-state index contributed by atoms with van der Waals surface area (Å²) in [5.41, 5.74) is 2.20. The highest BCUT2D eigenvalue weighted by atomic mass is 32.2. The van der Waals surface area contributed by atoms with Crippen molar-refractivity contribution in [1.82, 2.24) is 19.5 Å². The number of rotatable bonds is 5. The second kappa shape index (κ2) is 6.18. The van der Waals surface area contributed by atoms with Crippen LogP contribution in [0.4, 0.5) is 0 Å². The maximum Gasteiger partial charge on any atom is 0.246 e. The number of sulfonamides is 1. The van der Waals surface area contributed by atoms with Gasteiger partial charge < -0.3 is 0 Å². The third-order valence-corrected chi connectivity index (χ3v) is 6.05. The van der Waals surface area contributed by atoms with Crippen LogP contribution in [0.2, 0.25) is 0 Å². The van der Waals surface area contributed by atoms with Crippen molar-refractivity contribution in [2.75, 3.05) is 6.54 Å². The van der Waals surface area contributed by atoms with E-state index < -0.39 is 10.0 Å². The number of aromatic nitrogens is 3. The zero-order valence-electron chi connectivity index (χ0n) is 12.6. The van der Waals surface area contributed by atoms with Gasteiger partial charge in [0.05, 0.1) is 6.20 Å². The first-order valence-corrected chi connectivity index (χ1v) is 8.93. The quantitative estimate of drug-likeness (QED) is 0.912. The molecule has 6 nitrogen and oxygen atoms in total. The lowest BCUT2D eigenvalue weighted by Crippen LogP contribution is -2.35. The average Bonchev–Trinajstić information content (AvgIpc) is 3.17. The molecule has 2 aromatic heterocycles. The van der Waals surface area contributed by atoms with Crippen LogP contribution in [0, 0.1) is 6.92 Å². The van der Waals surface area contributed by atoms with Gasteiger partial charge in [0.2, 0.25) is 10.0 Å². The smallest absolute Gasteiger partial charge is 0.246 e. The summed E-state index contributed by atoms with van der Waals surface area (Å²) in [5.74, 6) is 0. The van der Waals surface area contributed by atoms with Gasteiger partial charge >= 0.3 is 0 Å². The van der Waals surface area contributed by atoms with Crippen LogP contribution in [0.5, 0.6) is 0 Å². The second-order valence-electron chi connectivity index (χ2n) is 5.69. The largest absolute Gasteiger partial charge is 0.284 e. The van der Waals surface area contributed by atoms with E-state index in [4.69, 9.17) is 0 Å². The molecule has 1 saturated heterocycles. The Morgan fingerprint density at radius 1 is 1.45 bits per heavy atom. The van der Waals surface area contributed by atoms with Crippen LogP contribution >= 0.6 is 0 Å². The third-order valence-electron chi connectivity index (χ3n) is 4.13. The molecule has 0 amide bonds. The van der Waals surface area contributed by atoms with Gasteiger partial charge in [-0.05, 0) is 50.3 Å². The lowest BCUT2D eigenvalue weighted by atomic mass is 10.0. The summed E-state index contributed by atoms with van der Waals surface area (Å²) in [5, 5.41) is 6.33. The summed E-state index contributed by atoms with van der Waals surface area (Å²) >= 11 is 0. The Balaban J connectivity index is 1.71. The summed E-state index contributed by atoms with van der Waals surface area (Å²) in [6.45, 7) is 2.56. The summed E-state index contributed by atoms with van der Waals surface area (Å²) in [6, 6.07) is 4.12. The molecule has 0 saturated carbocycles. The standard InChI is InChI=1S/C15H20N4O2S/c1-12-9-13(6-7-16-12)4-5-14-3-2-8-19(14)22(20,21)15-10-17-18-11-15/h6-7,9-11,14H,2-5,8H2,1H3,(H,17,18)/t14-/m0/s1. The highest BCUT2D eigenvalue weighted by Crippen LogP contribution is 2.28. The predicted octanol–water partition coefficient (Wildman–Crippen LogP) is 1.90. The van der Waals surface area contributed by atoms with Crippen molar-refractivity contribution < 1.29 is 8.42 Å². The van der Waals surface area contributed by atoms with Crippen LogP contribution in [0.3, 0.4) is 0 Å². The van der Waals surface area contributed by atoms with Gasteiger partial charge in [-0.15, -0.1) is 0 Å². The molecule has 1 N–H and O–H groups in total. The molecule has 1 fully saturated rings. The minimum absolute atomic E-state index is 0.0633. The van der Waals surface area contributed by atoms with E-state index in [2.05, 4.69) is 21.2 Å². The number of aromatic amines is 1. The molecule has 0 aliphatic carbocycles. The Kier molecular flexibility index (Phi) is 4.26. The Morgan fingerprint density at radius 3 is 3.05 bits per heavy atom. The van der Waals surface area contributed by atoms with Gasteiger partial charge in [-0.3, -0.25) is 10.1 Å². The highest BCUT2D eigenvalue weighted by molar-refractivity contribution is 7.89. The number of hydrogen-bond acceptors (Lipinski definition) is 4. The number of aryl methyl sites for hydroxylation is 2. The van der Waals surface area contributed by atoms with E-state index in [0.717, 1.165) is 31.4 Å². The van der Waals surface area contributed by atoms with Crippen LogP contribution in [0.15, 0.2) is 35.6 Å². The van der Waals surface area contributed by atoms with Gasteiger partial charge in [-0.25, -0.2) is 8.42 Å². The molecular weight excluding hydrogens is 300 g/mol. The number of pyridine rings is 1. The second-order valence-corrected chi connectivity index (χ2v) is 7.58. The van der Waals surface area contributed by atoms with E-state index in [1.165, 1.54) is 18.0 Å². The molecular formula is C15H20N4O2S. The fraction of sp³-hybridized carbons (Fsp3) is 0.467. The summed E-state index contributed by atoms with van der Waals surface area (Å²) in [6.07, 6.45) is 8.15. The van der Waals surface area contributed by atoms with Gasteiger partial charge in [0, 0.05) is 30.7 Å². The van der Waals surface area contributed by atoms with Gasteiger partial charge in [0.25, 0.3) is 0 Å². The third kappa shape index (κ3) is 3.05. The Labute approximate surface area is 130 Å². The average molecular weight is 320 g/mol. The molecule has 7 heteroatoms. The van der Waals surface area contributed by atoms with Crippen LogP contribution in [0.25, 0.3) is 0 Å². The van der Waals surface area contributed by atoms with Crippen molar-refractivity contribution in [2.45, 2.75) is 43.5 Å². The molecule has 0 radical (unpaired) electrons. The van der Waals surface area contributed by atoms with Crippen LogP contribution in [0.1, 0.15) is 30.5 Å². The molecule has 3 heterocycles.